The highest BCUT2D eigenvalue weighted by Crippen LogP contribution is 2.04. The van der Waals surface area contributed by atoms with Crippen molar-refractivity contribution in [2.75, 3.05) is 13.6 Å². The van der Waals surface area contributed by atoms with Gasteiger partial charge in [0, 0.05) is 6.42 Å². The van der Waals surface area contributed by atoms with Gasteiger partial charge in [0.15, 0.2) is 5.82 Å². The lowest BCUT2D eigenvalue weighted by Crippen LogP contribution is -2.10. The fourth-order valence-corrected chi connectivity index (χ4v) is 1.42. The maximum absolute atomic E-state index is 4.48. The van der Waals surface area contributed by atoms with Gasteiger partial charge in [-0.15, -0.1) is 5.10 Å². The van der Waals surface area contributed by atoms with Gasteiger partial charge in [0.2, 0.25) is 0 Å². The predicted octanol–water partition coefficient (Wildman–Crippen LogP) is 1.22. The van der Waals surface area contributed by atoms with Gasteiger partial charge in [-0.2, -0.15) is 5.10 Å². The lowest BCUT2D eigenvalue weighted by Gasteiger charge is -2.04. The summed E-state index contributed by atoms with van der Waals surface area (Å²) in [5.74, 6) is 1.48. The van der Waals surface area contributed by atoms with E-state index in [1.54, 1.807) is 6.20 Å². The highest BCUT2D eigenvalue weighted by Gasteiger charge is 2.02. The predicted molar refractivity (Wildman–Crippen MR) is 60.6 cm³/mol. The standard InChI is InChI=1S/C11H20N4/c1-9(2)7-10-8-13-15-11(14-10)5-4-6-12-3/h8-9,12H,4-7H2,1-3H3. The third kappa shape index (κ3) is 4.83. The summed E-state index contributed by atoms with van der Waals surface area (Å²) in [4.78, 5) is 4.48. The molecule has 0 saturated heterocycles. The van der Waals surface area contributed by atoms with Crippen molar-refractivity contribution in [3.63, 3.8) is 0 Å². The second-order valence-electron chi connectivity index (χ2n) is 4.17. The molecule has 0 spiro atoms. The Morgan fingerprint density at radius 3 is 2.87 bits per heavy atom. The van der Waals surface area contributed by atoms with Gasteiger partial charge in [0.25, 0.3) is 0 Å². The Labute approximate surface area is 91.5 Å². The van der Waals surface area contributed by atoms with Gasteiger partial charge in [0.05, 0.1) is 11.9 Å². The van der Waals surface area contributed by atoms with Crippen LogP contribution in [0.3, 0.4) is 0 Å². The summed E-state index contributed by atoms with van der Waals surface area (Å²) in [6.07, 6.45) is 4.71. The molecule has 4 nitrogen and oxygen atoms in total. The first kappa shape index (κ1) is 12.0. The van der Waals surface area contributed by atoms with E-state index >= 15 is 0 Å². The number of nitrogens with one attached hydrogen (secondary N) is 1. The quantitative estimate of drug-likeness (QED) is 0.714. The molecule has 0 aliphatic heterocycles. The number of hydrogen-bond acceptors (Lipinski definition) is 4. The van der Waals surface area contributed by atoms with E-state index in [0.717, 1.165) is 37.3 Å². The summed E-state index contributed by atoms with van der Waals surface area (Å²) < 4.78 is 0. The summed E-state index contributed by atoms with van der Waals surface area (Å²) in [6, 6.07) is 0. The average molecular weight is 208 g/mol. The highest BCUT2D eigenvalue weighted by molar-refractivity contribution is 4.97. The van der Waals surface area contributed by atoms with Crippen LogP contribution >= 0.6 is 0 Å². The number of hydrogen-bond donors (Lipinski definition) is 1. The highest BCUT2D eigenvalue weighted by atomic mass is 15.1. The number of nitrogens with zero attached hydrogens (tertiary/aromatic N) is 3. The first-order valence-electron chi connectivity index (χ1n) is 5.54. The molecule has 1 aromatic heterocycles. The van der Waals surface area contributed by atoms with Crippen LogP contribution < -0.4 is 5.32 Å². The van der Waals surface area contributed by atoms with Crippen molar-refractivity contribution < 1.29 is 0 Å². The summed E-state index contributed by atoms with van der Waals surface area (Å²) >= 11 is 0. The first-order valence-corrected chi connectivity index (χ1v) is 5.54. The second-order valence-corrected chi connectivity index (χ2v) is 4.17. The summed E-state index contributed by atoms with van der Waals surface area (Å²) in [7, 11) is 1.95. The molecule has 0 atom stereocenters. The minimum atomic E-state index is 0.617. The van der Waals surface area contributed by atoms with Crippen molar-refractivity contribution in [1.29, 1.82) is 0 Å². The monoisotopic (exact) mass is 208 g/mol. The molecule has 1 aromatic rings. The number of aromatic nitrogens is 3. The Morgan fingerprint density at radius 2 is 2.20 bits per heavy atom. The van der Waals surface area contributed by atoms with Crippen molar-refractivity contribution in [2.24, 2.45) is 5.92 Å². The molecule has 0 bridgehead atoms. The molecule has 0 amide bonds. The molecule has 1 rings (SSSR count). The van der Waals surface area contributed by atoms with E-state index in [4.69, 9.17) is 0 Å². The van der Waals surface area contributed by atoms with Gasteiger partial charge in [0.1, 0.15) is 0 Å². The van der Waals surface area contributed by atoms with Gasteiger partial charge >= 0.3 is 0 Å². The maximum Gasteiger partial charge on any atom is 0.151 e. The molecule has 15 heavy (non-hydrogen) atoms. The lowest BCUT2D eigenvalue weighted by molar-refractivity contribution is 0.617. The summed E-state index contributed by atoms with van der Waals surface area (Å²) in [5.41, 5.74) is 1.06. The van der Waals surface area contributed by atoms with Crippen LogP contribution in [0.15, 0.2) is 6.20 Å². The third-order valence-corrected chi connectivity index (χ3v) is 2.10. The minimum absolute atomic E-state index is 0.617. The zero-order chi connectivity index (χ0) is 11.1. The number of aryl methyl sites for hydroxylation is 1. The van der Waals surface area contributed by atoms with Gasteiger partial charge < -0.3 is 5.32 Å². The SMILES string of the molecule is CNCCCc1nncc(CC(C)C)n1. The normalized spacial score (nSPS) is 10.9. The van der Waals surface area contributed by atoms with E-state index < -0.39 is 0 Å². The number of rotatable bonds is 6. The molecular weight excluding hydrogens is 188 g/mol. The van der Waals surface area contributed by atoms with E-state index in [-0.39, 0.29) is 0 Å². The van der Waals surface area contributed by atoms with E-state index in [1.807, 2.05) is 7.05 Å². The van der Waals surface area contributed by atoms with Crippen molar-refractivity contribution >= 4 is 0 Å². The first-order chi connectivity index (χ1) is 7.22. The van der Waals surface area contributed by atoms with Gasteiger partial charge in [-0.05, 0) is 32.4 Å². The third-order valence-electron chi connectivity index (χ3n) is 2.10. The lowest BCUT2D eigenvalue weighted by atomic mass is 10.1. The topological polar surface area (TPSA) is 50.7 Å². The fraction of sp³-hybridized carbons (Fsp3) is 0.727. The Morgan fingerprint density at radius 1 is 1.40 bits per heavy atom. The molecule has 0 aromatic carbocycles. The Bertz CT molecular complexity index is 286. The molecule has 0 aliphatic rings. The fourth-order valence-electron chi connectivity index (χ4n) is 1.42. The largest absolute Gasteiger partial charge is 0.320 e. The molecule has 1 heterocycles. The van der Waals surface area contributed by atoms with Crippen LogP contribution in [0.25, 0.3) is 0 Å². The Kier molecular flexibility index (Phi) is 5.18. The van der Waals surface area contributed by atoms with E-state index in [9.17, 15) is 0 Å². The Balaban J connectivity index is 2.50. The molecule has 0 aliphatic carbocycles. The summed E-state index contributed by atoms with van der Waals surface area (Å²) in [6.45, 7) is 5.36. The Hall–Kier alpha value is -1.03. The van der Waals surface area contributed by atoms with E-state index in [1.165, 1.54) is 0 Å². The van der Waals surface area contributed by atoms with Gasteiger partial charge in [-0.1, -0.05) is 13.8 Å². The van der Waals surface area contributed by atoms with Crippen LogP contribution in [0.5, 0.6) is 0 Å². The second kappa shape index (κ2) is 6.45. The van der Waals surface area contributed by atoms with Crippen molar-refractivity contribution in [1.82, 2.24) is 20.5 Å². The minimum Gasteiger partial charge on any atom is -0.320 e. The summed E-state index contributed by atoms with van der Waals surface area (Å²) in [5, 5.41) is 11.1. The smallest absolute Gasteiger partial charge is 0.151 e. The van der Waals surface area contributed by atoms with Gasteiger partial charge in [-0.25, -0.2) is 4.98 Å². The molecule has 84 valence electrons. The molecule has 4 heteroatoms. The average Bonchev–Trinajstić information content (AvgIpc) is 2.18. The molecule has 0 unspecified atom stereocenters. The zero-order valence-corrected chi connectivity index (χ0v) is 9.82. The van der Waals surface area contributed by atoms with Crippen LogP contribution in [-0.4, -0.2) is 28.8 Å². The van der Waals surface area contributed by atoms with Crippen LogP contribution in [0, 0.1) is 5.92 Å². The molecule has 0 radical (unpaired) electrons. The van der Waals surface area contributed by atoms with Gasteiger partial charge in [-0.3, -0.25) is 0 Å². The van der Waals surface area contributed by atoms with Crippen molar-refractivity contribution in [3.05, 3.63) is 17.7 Å². The van der Waals surface area contributed by atoms with Crippen LogP contribution in [0.2, 0.25) is 0 Å². The van der Waals surface area contributed by atoms with E-state index in [0.29, 0.717) is 5.92 Å². The van der Waals surface area contributed by atoms with Crippen LogP contribution in [0.4, 0.5) is 0 Å². The van der Waals surface area contributed by atoms with Crippen LogP contribution in [-0.2, 0) is 12.8 Å². The van der Waals surface area contributed by atoms with Crippen LogP contribution in [0.1, 0.15) is 31.8 Å². The molecular formula is C11H20N4. The van der Waals surface area contributed by atoms with E-state index in [2.05, 4.69) is 34.3 Å². The van der Waals surface area contributed by atoms with Crippen molar-refractivity contribution in [2.45, 2.75) is 33.1 Å². The zero-order valence-electron chi connectivity index (χ0n) is 9.82. The molecule has 1 N–H and O–H groups in total. The van der Waals surface area contributed by atoms with Crippen molar-refractivity contribution in [3.8, 4) is 0 Å². The molecule has 0 fully saturated rings. The maximum atomic E-state index is 4.48. The molecule has 0 saturated carbocycles.